The topological polar surface area (TPSA) is 44.5 Å². The molecule has 2 N–H and O–H groups in total. The fourth-order valence-corrected chi connectivity index (χ4v) is 2.91. The van der Waals surface area contributed by atoms with Crippen molar-refractivity contribution in [1.82, 2.24) is 0 Å². The van der Waals surface area contributed by atoms with E-state index >= 15 is 0 Å². The van der Waals surface area contributed by atoms with Gasteiger partial charge in [0.05, 0.1) is 0 Å². The predicted molar refractivity (Wildman–Crippen MR) is 66.5 cm³/mol. The van der Waals surface area contributed by atoms with Crippen molar-refractivity contribution in [1.29, 1.82) is 0 Å². The maximum Gasteiger partial charge on any atom is 0.164 e. The van der Waals surface area contributed by atoms with E-state index in [1.807, 2.05) is 0 Å². The minimum Gasteiger partial charge on any atom is -0.486 e. The Balaban J connectivity index is 2.04. The largest absolute Gasteiger partial charge is 0.486 e. The fourth-order valence-electron chi connectivity index (χ4n) is 2.91. The summed E-state index contributed by atoms with van der Waals surface area (Å²) in [6.45, 7) is 3.34. The average Bonchev–Trinajstić information content (AvgIpc) is 2.78. The first-order chi connectivity index (χ1) is 8.19. The number of hydrogen-bond donors (Lipinski definition) is 1. The van der Waals surface area contributed by atoms with Crippen molar-refractivity contribution in [2.75, 3.05) is 13.2 Å². The molecule has 0 radical (unpaired) electrons. The minimum atomic E-state index is -0.152. The van der Waals surface area contributed by atoms with Crippen LogP contribution in [-0.4, -0.2) is 13.2 Å². The van der Waals surface area contributed by atoms with Gasteiger partial charge in [-0.3, -0.25) is 0 Å². The second-order valence-electron chi connectivity index (χ2n) is 5.18. The van der Waals surface area contributed by atoms with Crippen LogP contribution < -0.4 is 15.2 Å². The molecular weight excluding hydrogens is 214 g/mol. The summed E-state index contributed by atoms with van der Waals surface area (Å²) in [6.07, 6.45) is 4.60. The molecule has 1 heterocycles. The van der Waals surface area contributed by atoms with E-state index in [4.69, 9.17) is 15.2 Å². The molecule has 1 fully saturated rings. The highest BCUT2D eigenvalue weighted by molar-refractivity contribution is 5.51. The van der Waals surface area contributed by atoms with Crippen LogP contribution in [-0.2, 0) is 5.54 Å². The van der Waals surface area contributed by atoms with E-state index in [-0.39, 0.29) is 5.54 Å². The maximum absolute atomic E-state index is 6.49. The molecule has 17 heavy (non-hydrogen) atoms. The highest BCUT2D eigenvalue weighted by atomic mass is 16.6. The molecule has 92 valence electrons. The molecule has 0 spiro atoms. The zero-order chi connectivity index (χ0) is 11.9. The molecule has 1 aromatic carbocycles. The van der Waals surface area contributed by atoms with Crippen LogP contribution in [0.15, 0.2) is 12.1 Å². The number of rotatable bonds is 1. The van der Waals surface area contributed by atoms with E-state index in [0.717, 1.165) is 29.9 Å². The molecule has 0 amide bonds. The summed E-state index contributed by atoms with van der Waals surface area (Å²) < 4.78 is 11.3. The molecule has 3 heteroatoms. The number of nitrogens with two attached hydrogens (primary N) is 1. The summed E-state index contributed by atoms with van der Waals surface area (Å²) in [6, 6.07) is 4.24. The van der Waals surface area contributed by atoms with E-state index in [0.29, 0.717) is 13.2 Å². The van der Waals surface area contributed by atoms with Crippen molar-refractivity contribution in [3.63, 3.8) is 0 Å². The van der Waals surface area contributed by atoms with Gasteiger partial charge in [0.1, 0.15) is 13.2 Å². The van der Waals surface area contributed by atoms with Gasteiger partial charge in [-0.15, -0.1) is 0 Å². The van der Waals surface area contributed by atoms with Gasteiger partial charge in [0.2, 0.25) is 0 Å². The number of fused-ring (bicyclic) bond motifs is 1. The second kappa shape index (κ2) is 3.91. The van der Waals surface area contributed by atoms with Crippen molar-refractivity contribution in [2.45, 2.75) is 38.1 Å². The molecule has 0 unspecified atom stereocenters. The first-order valence-electron chi connectivity index (χ1n) is 6.39. The maximum atomic E-state index is 6.49. The van der Waals surface area contributed by atoms with Gasteiger partial charge in [-0.05, 0) is 37.0 Å². The lowest BCUT2D eigenvalue weighted by Crippen LogP contribution is -2.33. The molecule has 1 aliphatic heterocycles. The molecule has 3 rings (SSSR count). The van der Waals surface area contributed by atoms with Crippen molar-refractivity contribution >= 4 is 0 Å². The standard InChI is InChI=1S/C14H19NO2/c1-10-8-11(14(15)4-2-3-5-14)9-12-13(10)17-7-6-16-12/h8-9H,2-7,15H2,1H3. The fraction of sp³-hybridized carbons (Fsp3) is 0.571. The lowest BCUT2D eigenvalue weighted by molar-refractivity contribution is 0.170. The van der Waals surface area contributed by atoms with Crippen LogP contribution in [0.5, 0.6) is 11.5 Å². The van der Waals surface area contributed by atoms with Gasteiger partial charge in [0.15, 0.2) is 11.5 Å². The van der Waals surface area contributed by atoms with Gasteiger partial charge in [0.25, 0.3) is 0 Å². The van der Waals surface area contributed by atoms with Gasteiger partial charge < -0.3 is 15.2 Å². The minimum absolute atomic E-state index is 0.152. The third-order valence-corrected chi connectivity index (χ3v) is 3.90. The SMILES string of the molecule is Cc1cc(C2(N)CCCC2)cc2c1OCCO2. The average molecular weight is 233 g/mol. The van der Waals surface area contributed by atoms with Gasteiger partial charge >= 0.3 is 0 Å². The molecule has 0 aromatic heterocycles. The van der Waals surface area contributed by atoms with E-state index in [1.54, 1.807) is 0 Å². The summed E-state index contributed by atoms with van der Waals surface area (Å²) >= 11 is 0. The Hall–Kier alpha value is -1.22. The Labute approximate surface area is 102 Å². The Kier molecular flexibility index (Phi) is 2.51. The van der Waals surface area contributed by atoms with Gasteiger partial charge in [-0.1, -0.05) is 18.9 Å². The molecule has 2 aliphatic rings. The monoisotopic (exact) mass is 233 g/mol. The van der Waals surface area contributed by atoms with E-state index in [1.165, 1.54) is 18.4 Å². The highest BCUT2D eigenvalue weighted by Crippen LogP contribution is 2.42. The summed E-state index contributed by atoms with van der Waals surface area (Å²) in [7, 11) is 0. The highest BCUT2D eigenvalue weighted by Gasteiger charge is 2.32. The quantitative estimate of drug-likeness (QED) is 0.810. The van der Waals surface area contributed by atoms with Gasteiger partial charge in [-0.25, -0.2) is 0 Å². The molecular formula is C14H19NO2. The van der Waals surface area contributed by atoms with Crippen LogP contribution in [0.3, 0.4) is 0 Å². The Morgan fingerprint density at radius 2 is 1.82 bits per heavy atom. The molecule has 0 saturated heterocycles. The molecule has 1 aliphatic carbocycles. The van der Waals surface area contributed by atoms with E-state index < -0.39 is 0 Å². The summed E-state index contributed by atoms with van der Waals surface area (Å²) in [4.78, 5) is 0. The molecule has 0 bridgehead atoms. The van der Waals surface area contributed by atoms with Crippen molar-refractivity contribution in [3.8, 4) is 11.5 Å². The molecule has 1 saturated carbocycles. The Morgan fingerprint density at radius 1 is 1.12 bits per heavy atom. The van der Waals surface area contributed by atoms with Crippen molar-refractivity contribution in [3.05, 3.63) is 23.3 Å². The normalized spacial score (nSPS) is 21.5. The van der Waals surface area contributed by atoms with Gasteiger partial charge in [-0.2, -0.15) is 0 Å². The third-order valence-electron chi connectivity index (χ3n) is 3.90. The number of benzene rings is 1. The van der Waals surface area contributed by atoms with Crippen molar-refractivity contribution in [2.24, 2.45) is 5.73 Å². The summed E-state index contributed by atoms with van der Waals surface area (Å²) in [5.41, 5.74) is 8.67. The number of aryl methyl sites for hydroxylation is 1. The van der Waals surface area contributed by atoms with Crippen LogP contribution >= 0.6 is 0 Å². The lowest BCUT2D eigenvalue weighted by atomic mass is 9.88. The zero-order valence-corrected chi connectivity index (χ0v) is 10.3. The molecule has 3 nitrogen and oxygen atoms in total. The van der Waals surface area contributed by atoms with Gasteiger partial charge in [0, 0.05) is 5.54 Å². The molecule has 1 aromatic rings. The summed E-state index contributed by atoms with van der Waals surface area (Å²) in [5, 5.41) is 0. The third kappa shape index (κ3) is 1.78. The number of ether oxygens (including phenoxy) is 2. The number of hydrogen-bond acceptors (Lipinski definition) is 3. The first-order valence-corrected chi connectivity index (χ1v) is 6.39. The molecule has 0 atom stereocenters. The second-order valence-corrected chi connectivity index (χ2v) is 5.18. The van der Waals surface area contributed by atoms with E-state index in [9.17, 15) is 0 Å². The zero-order valence-electron chi connectivity index (χ0n) is 10.3. The predicted octanol–water partition coefficient (Wildman–Crippen LogP) is 2.49. The van der Waals surface area contributed by atoms with Crippen molar-refractivity contribution < 1.29 is 9.47 Å². The smallest absolute Gasteiger partial charge is 0.164 e. The van der Waals surface area contributed by atoms with Crippen LogP contribution in [0.1, 0.15) is 36.8 Å². The summed E-state index contributed by atoms with van der Waals surface area (Å²) in [5.74, 6) is 1.75. The van der Waals surface area contributed by atoms with Crippen LogP contribution in [0.2, 0.25) is 0 Å². The Morgan fingerprint density at radius 3 is 2.59 bits per heavy atom. The van der Waals surface area contributed by atoms with E-state index in [2.05, 4.69) is 19.1 Å². The first kappa shape index (κ1) is 10.9. The Bertz CT molecular complexity index is 436. The lowest BCUT2D eigenvalue weighted by Gasteiger charge is -2.28. The van der Waals surface area contributed by atoms with Crippen LogP contribution in [0.4, 0.5) is 0 Å². The van der Waals surface area contributed by atoms with Crippen LogP contribution in [0.25, 0.3) is 0 Å². The van der Waals surface area contributed by atoms with Crippen LogP contribution in [0, 0.1) is 6.92 Å².